The molecule has 1 aliphatic carbocycles. The first-order valence-electron chi connectivity index (χ1n) is 10.7. The fraction of sp³-hybridized carbons (Fsp3) is 0.435. The van der Waals surface area contributed by atoms with E-state index in [0.29, 0.717) is 12.1 Å². The van der Waals surface area contributed by atoms with Crippen molar-refractivity contribution < 1.29 is 17.6 Å². The van der Waals surface area contributed by atoms with Crippen LogP contribution < -0.4 is 10.0 Å². The van der Waals surface area contributed by atoms with Gasteiger partial charge in [-0.05, 0) is 67.0 Å². The lowest BCUT2D eigenvalue weighted by atomic mass is 10.0. The molecule has 3 rings (SSSR count). The van der Waals surface area contributed by atoms with Crippen LogP contribution in [0.4, 0.5) is 4.39 Å². The average Bonchev–Trinajstić information content (AvgIpc) is 2.79. The Labute approximate surface area is 188 Å². The number of amides is 1. The van der Waals surface area contributed by atoms with Crippen LogP contribution in [0, 0.1) is 5.82 Å². The van der Waals surface area contributed by atoms with Crippen LogP contribution in [-0.4, -0.2) is 31.9 Å². The lowest BCUT2D eigenvalue weighted by Gasteiger charge is -2.20. The number of hydrogen-bond donors (Lipinski definition) is 2. The summed E-state index contributed by atoms with van der Waals surface area (Å²) in [6, 6.07) is 11.5. The molecule has 168 valence electrons. The Morgan fingerprint density at radius 1 is 1.00 bits per heavy atom. The van der Waals surface area contributed by atoms with Crippen LogP contribution in [0.1, 0.15) is 54.4 Å². The van der Waals surface area contributed by atoms with E-state index in [1.54, 1.807) is 24.3 Å². The molecule has 0 unspecified atom stereocenters. The van der Waals surface area contributed by atoms with Gasteiger partial charge in [-0.3, -0.25) is 4.79 Å². The van der Waals surface area contributed by atoms with E-state index >= 15 is 0 Å². The zero-order valence-corrected chi connectivity index (χ0v) is 19.1. The van der Waals surface area contributed by atoms with Gasteiger partial charge in [-0.2, -0.15) is 11.8 Å². The molecular weight excluding hydrogens is 435 g/mol. The summed E-state index contributed by atoms with van der Waals surface area (Å²) < 4.78 is 40.0. The van der Waals surface area contributed by atoms with E-state index in [-0.39, 0.29) is 17.3 Å². The molecule has 0 aromatic heterocycles. The SMILES string of the molecule is O=C(NCCCSC1CCCCC1)c1ccc(CNS(=O)(=O)c2ccc(F)cc2)cc1. The standard InChI is InChI=1S/C23H29FN2O3S2/c24-20-11-13-22(14-12-20)31(28,29)26-17-18-7-9-19(10-8-18)23(27)25-15-4-16-30-21-5-2-1-3-6-21/h7-14,21,26H,1-6,15-17H2,(H,25,27). The zero-order valence-electron chi connectivity index (χ0n) is 17.5. The van der Waals surface area contributed by atoms with E-state index in [9.17, 15) is 17.6 Å². The van der Waals surface area contributed by atoms with Gasteiger partial charge in [0, 0.05) is 23.9 Å². The first-order valence-corrected chi connectivity index (χ1v) is 13.2. The summed E-state index contributed by atoms with van der Waals surface area (Å²) in [5.74, 6) is 0.454. The second kappa shape index (κ2) is 11.6. The Morgan fingerprint density at radius 2 is 1.68 bits per heavy atom. The van der Waals surface area contributed by atoms with Crippen molar-refractivity contribution in [1.29, 1.82) is 0 Å². The van der Waals surface area contributed by atoms with Gasteiger partial charge in [-0.1, -0.05) is 31.4 Å². The third kappa shape index (κ3) is 7.63. The topological polar surface area (TPSA) is 75.3 Å². The van der Waals surface area contributed by atoms with Crippen molar-refractivity contribution in [2.45, 2.75) is 55.2 Å². The summed E-state index contributed by atoms with van der Waals surface area (Å²) in [6.45, 7) is 0.734. The lowest BCUT2D eigenvalue weighted by molar-refractivity contribution is 0.0953. The summed E-state index contributed by atoms with van der Waals surface area (Å²) in [5, 5.41) is 3.73. The van der Waals surface area contributed by atoms with Gasteiger partial charge in [0.25, 0.3) is 5.91 Å². The second-order valence-electron chi connectivity index (χ2n) is 7.72. The van der Waals surface area contributed by atoms with Crippen molar-refractivity contribution in [1.82, 2.24) is 10.0 Å². The van der Waals surface area contributed by atoms with Gasteiger partial charge in [0.1, 0.15) is 5.82 Å². The highest BCUT2D eigenvalue weighted by atomic mass is 32.2. The lowest BCUT2D eigenvalue weighted by Crippen LogP contribution is -2.25. The zero-order chi connectivity index (χ0) is 22.1. The van der Waals surface area contributed by atoms with Crippen molar-refractivity contribution in [3.63, 3.8) is 0 Å². The first kappa shape index (κ1) is 23.8. The summed E-state index contributed by atoms with van der Waals surface area (Å²) in [6.07, 6.45) is 7.66. The Kier molecular flexibility index (Phi) is 8.92. The number of benzene rings is 2. The van der Waals surface area contributed by atoms with Gasteiger partial charge >= 0.3 is 0 Å². The van der Waals surface area contributed by atoms with Crippen molar-refractivity contribution in [2.24, 2.45) is 0 Å². The maximum Gasteiger partial charge on any atom is 0.251 e. The number of hydrogen-bond acceptors (Lipinski definition) is 4. The number of nitrogens with one attached hydrogen (secondary N) is 2. The highest BCUT2D eigenvalue weighted by Gasteiger charge is 2.15. The molecule has 2 N–H and O–H groups in total. The molecule has 2 aromatic carbocycles. The van der Waals surface area contributed by atoms with Crippen LogP contribution in [0.2, 0.25) is 0 Å². The molecule has 1 aliphatic rings. The average molecular weight is 465 g/mol. The van der Waals surface area contributed by atoms with Gasteiger partial charge in [0.05, 0.1) is 4.90 Å². The summed E-state index contributed by atoms with van der Waals surface area (Å²) in [7, 11) is -3.73. The van der Waals surface area contributed by atoms with E-state index in [0.717, 1.165) is 35.1 Å². The van der Waals surface area contributed by atoms with Crippen LogP contribution in [0.3, 0.4) is 0 Å². The minimum atomic E-state index is -3.73. The molecule has 8 heteroatoms. The first-order chi connectivity index (χ1) is 14.9. The van der Waals surface area contributed by atoms with E-state index < -0.39 is 15.8 Å². The maximum absolute atomic E-state index is 13.0. The van der Waals surface area contributed by atoms with Crippen molar-refractivity contribution in [3.8, 4) is 0 Å². The minimum Gasteiger partial charge on any atom is -0.352 e. The Balaban J connectivity index is 1.39. The number of halogens is 1. The predicted molar refractivity (Wildman–Crippen MR) is 123 cm³/mol. The molecule has 0 aliphatic heterocycles. The molecule has 0 spiro atoms. The highest BCUT2D eigenvalue weighted by Crippen LogP contribution is 2.28. The molecule has 0 saturated heterocycles. The number of carbonyl (C=O) groups excluding carboxylic acids is 1. The Hall–Kier alpha value is -1.90. The molecule has 1 amide bonds. The largest absolute Gasteiger partial charge is 0.352 e. The van der Waals surface area contributed by atoms with E-state index in [1.165, 1.54) is 44.2 Å². The quantitative estimate of drug-likeness (QED) is 0.508. The second-order valence-corrected chi connectivity index (χ2v) is 10.9. The summed E-state index contributed by atoms with van der Waals surface area (Å²) in [4.78, 5) is 12.3. The van der Waals surface area contributed by atoms with Gasteiger partial charge in [0.2, 0.25) is 10.0 Å². The van der Waals surface area contributed by atoms with Crippen LogP contribution >= 0.6 is 11.8 Å². The minimum absolute atomic E-state index is 0.00606. The van der Waals surface area contributed by atoms with Crippen molar-refractivity contribution >= 4 is 27.7 Å². The Bertz CT molecular complexity index is 942. The van der Waals surface area contributed by atoms with E-state index in [1.807, 2.05) is 11.8 Å². The van der Waals surface area contributed by atoms with E-state index in [2.05, 4.69) is 10.0 Å². The van der Waals surface area contributed by atoms with Crippen LogP contribution in [0.5, 0.6) is 0 Å². The molecule has 0 heterocycles. The molecule has 0 bridgehead atoms. The van der Waals surface area contributed by atoms with Crippen molar-refractivity contribution in [2.75, 3.05) is 12.3 Å². The molecular formula is C23H29FN2O3S2. The molecule has 2 aromatic rings. The number of carbonyl (C=O) groups is 1. The van der Waals surface area contributed by atoms with Gasteiger partial charge < -0.3 is 5.32 Å². The molecule has 1 saturated carbocycles. The smallest absolute Gasteiger partial charge is 0.251 e. The summed E-state index contributed by atoms with van der Waals surface area (Å²) >= 11 is 2.03. The van der Waals surface area contributed by atoms with Crippen LogP contribution in [0.15, 0.2) is 53.4 Å². The predicted octanol–water partition coefficient (Wildman–Crippen LogP) is 4.49. The van der Waals surface area contributed by atoms with Crippen molar-refractivity contribution in [3.05, 3.63) is 65.5 Å². The normalized spacial score (nSPS) is 15.0. The third-order valence-corrected chi connectivity index (χ3v) is 8.20. The highest BCUT2D eigenvalue weighted by molar-refractivity contribution is 7.99. The third-order valence-electron chi connectivity index (χ3n) is 5.32. The monoisotopic (exact) mass is 464 g/mol. The van der Waals surface area contributed by atoms with Crippen LogP contribution in [-0.2, 0) is 16.6 Å². The van der Waals surface area contributed by atoms with Gasteiger partial charge in [0.15, 0.2) is 0 Å². The number of sulfonamides is 1. The molecule has 0 atom stereocenters. The number of rotatable bonds is 10. The fourth-order valence-corrected chi connectivity index (χ4v) is 5.84. The number of thioether (sulfide) groups is 1. The van der Waals surface area contributed by atoms with E-state index in [4.69, 9.17) is 0 Å². The Morgan fingerprint density at radius 3 is 2.35 bits per heavy atom. The maximum atomic E-state index is 13.0. The molecule has 0 radical (unpaired) electrons. The molecule has 5 nitrogen and oxygen atoms in total. The van der Waals surface area contributed by atoms with Gasteiger partial charge in [-0.25, -0.2) is 17.5 Å². The fourth-order valence-electron chi connectivity index (χ4n) is 3.51. The van der Waals surface area contributed by atoms with Gasteiger partial charge in [-0.15, -0.1) is 0 Å². The van der Waals surface area contributed by atoms with Crippen LogP contribution in [0.25, 0.3) is 0 Å². The molecule has 31 heavy (non-hydrogen) atoms. The molecule has 1 fully saturated rings. The summed E-state index contributed by atoms with van der Waals surface area (Å²) in [5.41, 5.74) is 1.27.